The van der Waals surface area contributed by atoms with Gasteiger partial charge in [-0.25, -0.2) is 4.98 Å². The molecule has 0 spiro atoms. The van der Waals surface area contributed by atoms with Gasteiger partial charge in [0.05, 0.1) is 6.20 Å². The lowest BCUT2D eigenvalue weighted by Gasteiger charge is -2.15. The van der Waals surface area contributed by atoms with Gasteiger partial charge >= 0.3 is 0 Å². The van der Waals surface area contributed by atoms with Gasteiger partial charge in [-0.1, -0.05) is 41.1 Å². The molecule has 2 aromatic carbocycles. The maximum absolute atomic E-state index is 10.4. The van der Waals surface area contributed by atoms with E-state index in [1.807, 2.05) is 16.7 Å². The molecule has 2 heterocycles. The number of aromatic hydroxyl groups is 1. The van der Waals surface area contributed by atoms with Gasteiger partial charge in [0.2, 0.25) is 0 Å². The van der Waals surface area contributed by atoms with Gasteiger partial charge in [0.1, 0.15) is 17.3 Å². The Kier molecular flexibility index (Phi) is 4.58. The first kappa shape index (κ1) is 17.5. The largest absolute Gasteiger partial charge is 0.507 e. The van der Waals surface area contributed by atoms with Gasteiger partial charge in [0.25, 0.3) is 0 Å². The summed E-state index contributed by atoms with van der Waals surface area (Å²) in [4.78, 5) is 8.90. The summed E-state index contributed by atoms with van der Waals surface area (Å²) in [5, 5.41) is 14.0. The van der Waals surface area contributed by atoms with Crippen LogP contribution in [0.15, 0.2) is 59.5 Å². The summed E-state index contributed by atoms with van der Waals surface area (Å²) in [5.41, 5.74) is 5.48. The summed E-state index contributed by atoms with van der Waals surface area (Å²) in [6.07, 6.45) is 6.22. The number of aryl methyl sites for hydroxylation is 2. The Balaban J connectivity index is 1.96. The van der Waals surface area contributed by atoms with Crippen molar-refractivity contribution < 1.29 is 5.11 Å². The van der Waals surface area contributed by atoms with Gasteiger partial charge in [0.15, 0.2) is 5.65 Å². The van der Waals surface area contributed by atoms with Crippen LogP contribution in [-0.4, -0.2) is 19.5 Å². The molecule has 0 amide bonds. The zero-order valence-corrected chi connectivity index (χ0v) is 16.7. The van der Waals surface area contributed by atoms with Crippen molar-refractivity contribution in [1.29, 1.82) is 0 Å². The van der Waals surface area contributed by atoms with E-state index in [1.54, 1.807) is 24.5 Å². The fraction of sp³-hybridized carbons (Fsp3) is 0.143. The van der Waals surface area contributed by atoms with Crippen LogP contribution in [0.2, 0.25) is 0 Å². The SMILES string of the molecule is CCc1cccc(C)c1Nc1c(-c2cc(Br)ccc2O)nc2cnccn12. The maximum atomic E-state index is 10.4. The van der Waals surface area contributed by atoms with Crippen molar-refractivity contribution in [3.8, 4) is 17.0 Å². The lowest BCUT2D eigenvalue weighted by molar-refractivity contribution is 0.477. The second-order valence-corrected chi connectivity index (χ2v) is 7.28. The van der Waals surface area contributed by atoms with Crippen LogP contribution in [0, 0.1) is 6.92 Å². The third-order valence-corrected chi connectivity index (χ3v) is 5.12. The van der Waals surface area contributed by atoms with E-state index in [1.165, 1.54) is 5.56 Å². The van der Waals surface area contributed by atoms with Crippen LogP contribution in [0.5, 0.6) is 5.75 Å². The van der Waals surface area contributed by atoms with E-state index in [0.717, 1.165) is 28.0 Å². The van der Waals surface area contributed by atoms with Crippen molar-refractivity contribution in [2.24, 2.45) is 0 Å². The van der Waals surface area contributed by atoms with Crippen LogP contribution < -0.4 is 5.32 Å². The third-order valence-electron chi connectivity index (χ3n) is 4.63. The van der Waals surface area contributed by atoms with Crippen molar-refractivity contribution in [1.82, 2.24) is 14.4 Å². The van der Waals surface area contributed by atoms with E-state index in [-0.39, 0.29) is 5.75 Å². The van der Waals surface area contributed by atoms with Crippen LogP contribution in [0.3, 0.4) is 0 Å². The Morgan fingerprint density at radius 2 is 2.07 bits per heavy atom. The predicted molar refractivity (Wildman–Crippen MR) is 112 cm³/mol. The maximum Gasteiger partial charge on any atom is 0.157 e. The Hall–Kier alpha value is -2.86. The third kappa shape index (κ3) is 3.17. The number of rotatable bonds is 4. The standard InChI is InChI=1S/C21H19BrN4O/c1-3-14-6-4-5-13(2)19(14)25-21-20(16-11-15(22)7-8-17(16)27)24-18-12-23-9-10-26(18)21/h4-12,25,27H,3H2,1-2H3. The minimum Gasteiger partial charge on any atom is -0.507 e. The molecular formula is C21H19BrN4O. The van der Waals surface area contributed by atoms with Gasteiger partial charge in [-0.2, -0.15) is 0 Å². The van der Waals surface area contributed by atoms with Crippen LogP contribution in [0.4, 0.5) is 11.5 Å². The first-order chi connectivity index (χ1) is 13.1. The van der Waals surface area contributed by atoms with Gasteiger partial charge < -0.3 is 10.4 Å². The van der Waals surface area contributed by atoms with E-state index < -0.39 is 0 Å². The Morgan fingerprint density at radius 3 is 2.89 bits per heavy atom. The monoisotopic (exact) mass is 422 g/mol. The molecule has 0 aliphatic heterocycles. The Bertz CT molecular complexity index is 1140. The molecule has 0 aliphatic carbocycles. The highest BCUT2D eigenvalue weighted by molar-refractivity contribution is 9.10. The molecule has 4 aromatic rings. The van der Waals surface area contributed by atoms with Crippen LogP contribution in [0.1, 0.15) is 18.1 Å². The molecule has 27 heavy (non-hydrogen) atoms. The second kappa shape index (κ2) is 7.04. The number of nitrogens with one attached hydrogen (secondary N) is 1. The number of hydrogen-bond donors (Lipinski definition) is 2. The van der Waals surface area contributed by atoms with Gasteiger partial charge in [0, 0.05) is 28.1 Å². The first-order valence-electron chi connectivity index (χ1n) is 8.75. The Labute approximate surface area is 165 Å². The van der Waals surface area contributed by atoms with Gasteiger partial charge in [-0.3, -0.25) is 9.38 Å². The molecule has 0 saturated heterocycles. The summed E-state index contributed by atoms with van der Waals surface area (Å²) in [7, 11) is 0. The summed E-state index contributed by atoms with van der Waals surface area (Å²) in [5.74, 6) is 0.975. The van der Waals surface area contributed by atoms with Gasteiger partial charge in [-0.05, 0) is 42.7 Å². The molecule has 2 N–H and O–H groups in total. The van der Waals surface area contributed by atoms with Gasteiger partial charge in [-0.15, -0.1) is 0 Å². The van der Waals surface area contributed by atoms with E-state index in [0.29, 0.717) is 16.9 Å². The number of halogens is 1. The normalized spacial score (nSPS) is 11.1. The van der Waals surface area contributed by atoms with E-state index >= 15 is 0 Å². The molecule has 0 bridgehead atoms. The minimum atomic E-state index is 0.179. The highest BCUT2D eigenvalue weighted by Crippen LogP contribution is 2.38. The molecular weight excluding hydrogens is 404 g/mol. The average molecular weight is 423 g/mol. The fourth-order valence-corrected chi connectivity index (χ4v) is 3.59. The highest BCUT2D eigenvalue weighted by atomic mass is 79.9. The molecule has 0 radical (unpaired) electrons. The van der Waals surface area contributed by atoms with Crippen molar-refractivity contribution in [2.45, 2.75) is 20.3 Å². The van der Waals surface area contributed by atoms with Crippen molar-refractivity contribution in [2.75, 3.05) is 5.32 Å². The number of imidazole rings is 1. The predicted octanol–water partition coefficient (Wildman–Crippen LogP) is 5.48. The number of nitrogens with zero attached hydrogens (tertiary/aromatic N) is 3. The number of phenolic OH excluding ortho intramolecular Hbond substituents is 1. The first-order valence-corrected chi connectivity index (χ1v) is 9.54. The topological polar surface area (TPSA) is 62.5 Å². The molecule has 0 aliphatic rings. The molecule has 0 saturated carbocycles. The number of para-hydroxylation sites is 1. The number of benzene rings is 2. The highest BCUT2D eigenvalue weighted by Gasteiger charge is 2.19. The number of aromatic nitrogens is 3. The molecule has 136 valence electrons. The molecule has 6 heteroatoms. The Morgan fingerprint density at radius 1 is 1.22 bits per heavy atom. The van der Waals surface area contributed by atoms with Crippen LogP contribution in [-0.2, 0) is 6.42 Å². The zero-order chi connectivity index (χ0) is 19.0. The zero-order valence-electron chi connectivity index (χ0n) is 15.1. The smallest absolute Gasteiger partial charge is 0.157 e. The number of anilines is 2. The van der Waals surface area contributed by atoms with E-state index in [9.17, 15) is 5.11 Å². The van der Waals surface area contributed by atoms with Crippen LogP contribution >= 0.6 is 15.9 Å². The second-order valence-electron chi connectivity index (χ2n) is 6.36. The fourth-order valence-electron chi connectivity index (χ4n) is 3.23. The number of phenols is 1. The van der Waals surface area contributed by atoms with Crippen molar-refractivity contribution in [3.63, 3.8) is 0 Å². The lowest BCUT2D eigenvalue weighted by atomic mass is 10.1. The molecule has 0 fully saturated rings. The quantitative estimate of drug-likeness (QED) is 0.457. The summed E-state index contributed by atoms with van der Waals surface area (Å²) in [6.45, 7) is 4.22. The van der Waals surface area contributed by atoms with E-state index in [4.69, 9.17) is 4.98 Å². The molecule has 4 rings (SSSR count). The molecule has 0 atom stereocenters. The van der Waals surface area contributed by atoms with Crippen molar-refractivity contribution >= 4 is 33.1 Å². The molecule has 0 unspecified atom stereocenters. The van der Waals surface area contributed by atoms with Crippen LogP contribution in [0.25, 0.3) is 16.9 Å². The summed E-state index contributed by atoms with van der Waals surface area (Å²) < 4.78 is 2.83. The summed E-state index contributed by atoms with van der Waals surface area (Å²) >= 11 is 3.48. The van der Waals surface area contributed by atoms with E-state index in [2.05, 4.69) is 58.3 Å². The molecule has 2 aromatic heterocycles. The lowest BCUT2D eigenvalue weighted by Crippen LogP contribution is -2.02. The summed E-state index contributed by atoms with van der Waals surface area (Å²) in [6, 6.07) is 11.6. The van der Waals surface area contributed by atoms with Crippen molar-refractivity contribution in [3.05, 3.63) is 70.6 Å². The average Bonchev–Trinajstić information content (AvgIpc) is 3.03. The number of hydrogen-bond acceptors (Lipinski definition) is 4. The number of fused-ring (bicyclic) bond motifs is 1. The minimum absolute atomic E-state index is 0.179. The molecule has 5 nitrogen and oxygen atoms in total.